The normalized spacial score (nSPS) is 16.9. The van der Waals surface area contributed by atoms with E-state index in [1.54, 1.807) is 0 Å². The lowest BCUT2D eigenvalue weighted by Crippen LogP contribution is -2.12. The van der Waals surface area contributed by atoms with Crippen LogP contribution in [0.25, 0.3) is 11.1 Å². The number of oxazole rings is 1. The minimum absolute atomic E-state index is 0.0421. The third kappa shape index (κ3) is 1.67. The summed E-state index contributed by atoms with van der Waals surface area (Å²) in [6, 6.07) is 14.0. The molecule has 2 aromatic carbocycles. The van der Waals surface area contributed by atoms with Gasteiger partial charge in [0.15, 0.2) is 5.58 Å². The number of hydrogen-bond acceptors (Lipinski definition) is 5. The van der Waals surface area contributed by atoms with Gasteiger partial charge in [-0.2, -0.15) is 4.98 Å². The van der Waals surface area contributed by atoms with Gasteiger partial charge in [0.1, 0.15) is 17.9 Å². The third-order valence-electron chi connectivity index (χ3n) is 3.45. The highest BCUT2D eigenvalue weighted by Crippen LogP contribution is 2.34. The summed E-state index contributed by atoms with van der Waals surface area (Å²) in [7, 11) is 0. The first-order valence-corrected chi connectivity index (χ1v) is 6.44. The van der Waals surface area contributed by atoms with Gasteiger partial charge in [0.05, 0.1) is 11.7 Å². The van der Waals surface area contributed by atoms with Gasteiger partial charge < -0.3 is 20.2 Å². The molecule has 0 saturated carbocycles. The summed E-state index contributed by atoms with van der Waals surface area (Å²) in [4.78, 5) is 4.39. The van der Waals surface area contributed by atoms with Gasteiger partial charge in [-0.05, 0) is 18.2 Å². The quantitative estimate of drug-likeness (QED) is 0.698. The van der Waals surface area contributed by atoms with Crippen molar-refractivity contribution in [2.75, 3.05) is 17.7 Å². The molecule has 3 N–H and O–H groups in total. The van der Waals surface area contributed by atoms with Crippen LogP contribution in [0.4, 0.5) is 11.7 Å². The Bertz CT molecular complexity index is 782. The van der Waals surface area contributed by atoms with Gasteiger partial charge >= 0.3 is 0 Å². The van der Waals surface area contributed by atoms with Crippen molar-refractivity contribution in [1.82, 2.24) is 4.98 Å². The molecule has 2 heterocycles. The van der Waals surface area contributed by atoms with E-state index in [1.807, 2.05) is 42.5 Å². The highest BCUT2D eigenvalue weighted by molar-refractivity contribution is 5.86. The summed E-state index contributed by atoms with van der Waals surface area (Å²) in [5, 5.41) is 3.26. The van der Waals surface area contributed by atoms with Gasteiger partial charge in [-0.3, -0.25) is 0 Å². The van der Waals surface area contributed by atoms with E-state index in [4.69, 9.17) is 14.9 Å². The molecule has 0 spiro atoms. The lowest BCUT2D eigenvalue weighted by molar-refractivity contribution is 0.338. The summed E-state index contributed by atoms with van der Waals surface area (Å²) in [6.07, 6.45) is 0. The molecule has 0 saturated heterocycles. The average molecular weight is 267 g/mol. The van der Waals surface area contributed by atoms with Crippen molar-refractivity contribution in [3.05, 3.63) is 48.0 Å². The van der Waals surface area contributed by atoms with Gasteiger partial charge in [-0.25, -0.2) is 0 Å². The summed E-state index contributed by atoms with van der Waals surface area (Å²) >= 11 is 0. The Kier molecular flexibility index (Phi) is 2.32. The molecule has 100 valence electrons. The number of benzene rings is 2. The fourth-order valence-electron chi connectivity index (χ4n) is 2.46. The van der Waals surface area contributed by atoms with Gasteiger partial charge in [-0.15, -0.1) is 0 Å². The van der Waals surface area contributed by atoms with E-state index >= 15 is 0 Å². The van der Waals surface area contributed by atoms with Gasteiger partial charge in [0, 0.05) is 5.56 Å². The Hall–Kier alpha value is -2.69. The molecule has 3 aromatic rings. The number of aromatic nitrogens is 1. The molecule has 0 fully saturated rings. The first-order chi connectivity index (χ1) is 9.81. The summed E-state index contributed by atoms with van der Waals surface area (Å²) in [5.74, 6) is 0.903. The van der Waals surface area contributed by atoms with Crippen molar-refractivity contribution in [3.8, 4) is 5.75 Å². The monoisotopic (exact) mass is 267 g/mol. The molecule has 1 aromatic heterocycles. The van der Waals surface area contributed by atoms with E-state index in [0.29, 0.717) is 29.4 Å². The van der Waals surface area contributed by atoms with Crippen LogP contribution in [-0.2, 0) is 0 Å². The van der Waals surface area contributed by atoms with Crippen molar-refractivity contribution in [2.24, 2.45) is 0 Å². The summed E-state index contributed by atoms with van der Waals surface area (Å²) < 4.78 is 11.3. The molecule has 0 radical (unpaired) electrons. The van der Waals surface area contributed by atoms with E-state index in [-0.39, 0.29) is 6.04 Å². The Balaban J connectivity index is 1.67. The maximum absolute atomic E-state index is 5.88. The zero-order valence-electron chi connectivity index (χ0n) is 10.7. The second-order valence-corrected chi connectivity index (χ2v) is 4.76. The number of nitrogens with two attached hydrogens (primary N) is 1. The predicted molar refractivity (Wildman–Crippen MR) is 76.7 cm³/mol. The number of para-hydroxylation sites is 2. The molecule has 0 amide bonds. The number of rotatable bonds is 2. The van der Waals surface area contributed by atoms with Crippen molar-refractivity contribution < 1.29 is 9.15 Å². The number of anilines is 2. The van der Waals surface area contributed by atoms with Gasteiger partial charge in [0.25, 0.3) is 6.01 Å². The number of hydrogen-bond donors (Lipinski definition) is 2. The smallest absolute Gasteiger partial charge is 0.296 e. The molecular formula is C15H13N3O2. The van der Waals surface area contributed by atoms with Gasteiger partial charge in [0.2, 0.25) is 0 Å². The zero-order valence-corrected chi connectivity index (χ0v) is 10.7. The predicted octanol–water partition coefficient (Wildman–Crippen LogP) is 2.96. The topological polar surface area (TPSA) is 73.3 Å². The minimum Gasteiger partial charge on any atom is -0.491 e. The molecule has 5 nitrogen and oxygen atoms in total. The Labute approximate surface area is 115 Å². The van der Waals surface area contributed by atoms with E-state index in [2.05, 4.69) is 10.3 Å². The first kappa shape index (κ1) is 11.2. The van der Waals surface area contributed by atoms with Crippen LogP contribution in [0.2, 0.25) is 0 Å². The Morgan fingerprint density at radius 1 is 1.15 bits per heavy atom. The highest BCUT2D eigenvalue weighted by atomic mass is 16.5. The van der Waals surface area contributed by atoms with Crippen molar-refractivity contribution in [3.63, 3.8) is 0 Å². The summed E-state index contributed by atoms with van der Waals surface area (Å²) in [5.41, 5.74) is 8.97. The maximum atomic E-state index is 5.88. The summed E-state index contributed by atoms with van der Waals surface area (Å²) in [6.45, 7) is 0.563. The second kappa shape index (κ2) is 4.16. The molecule has 1 aliphatic heterocycles. The fraction of sp³-hybridized carbons (Fsp3) is 0.133. The Morgan fingerprint density at radius 2 is 2.05 bits per heavy atom. The van der Waals surface area contributed by atoms with Crippen molar-refractivity contribution >= 4 is 22.8 Å². The maximum Gasteiger partial charge on any atom is 0.296 e. The standard InChI is InChI=1S/C15H13N3O2/c16-10-5-3-7-13-14(10)18-15(20-13)17-11-8-19-12-6-2-1-4-9(11)12/h1-7,11H,8,16H2,(H,17,18). The van der Waals surface area contributed by atoms with Crippen LogP contribution in [0.15, 0.2) is 46.9 Å². The molecule has 5 heteroatoms. The number of fused-ring (bicyclic) bond motifs is 2. The van der Waals surface area contributed by atoms with Crippen LogP contribution in [0, 0.1) is 0 Å². The van der Waals surface area contributed by atoms with E-state index in [9.17, 15) is 0 Å². The van der Waals surface area contributed by atoms with Crippen LogP contribution >= 0.6 is 0 Å². The lowest BCUT2D eigenvalue weighted by atomic mass is 10.1. The van der Waals surface area contributed by atoms with Crippen LogP contribution in [0.3, 0.4) is 0 Å². The molecule has 0 aliphatic carbocycles. The number of nitrogens with zero attached hydrogens (tertiary/aromatic N) is 1. The largest absolute Gasteiger partial charge is 0.491 e. The van der Waals surface area contributed by atoms with E-state index in [0.717, 1.165) is 11.3 Å². The molecule has 0 bridgehead atoms. The van der Waals surface area contributed by atoms with Crippen LogP contribution in [0.1, 0.15) is 11.6 Å². The number of nitrogens with one attached hydrogen (secondary N) is 1. The van der Waals surface area contributed by atoms with E-state index in [1.165, 1.54) is 0 Å². The van der Waals surface area contributed by atoms with Crippen LogP contribution < -0.4 is 15.8 Å². The van der Waals surface area contributed by atoms with Gasteiger partial charge in [-0.1, -0.05) is 24.3 Å². The Morgan fingerprint density at radius 3 is 2.95 bits per heavy atom. The zero-order chi connectivity index (χ0) is 13.5. The lowest BCUT2D eigenvalue weighted by Gasteiger charge is -2.08. The molecule has 20 heavy (non-hydrogen) atoms. The minimum atomic E-state index is 0.0421. The fourth-order valence-corrected chi connectivity index (χ4v) is 2.46. The molecular weight excluding hydrogens is 254 g/mol. The second-order valence-electron chi connectivity index (χ2n) is 4.76. The molecule has 1 unspecified atom stereocenters. The average Bonchev–Trinajstić information content (AvgIpc) is 3.05. The molecule has 1 atom stereocenters. The van der Waals surface area contributed by atoms with Crippen molar-refractivity contribution in [1.29, 1.82) is 0 Å². The highest BCUT2D eigenvalue weighted by Gasteiger charge is 2.25. The first-order valence-electron chi connectivity index (χ1n) is 6.44. The van der Waals surface area contributed by atoms with E-state index < -0.39 is 0 Å². The third-order valence-corrected chi connectivity index (χ3v) is 3.45. The van der Waals surface area contributed by atoms with Crippen molar-refractivity contribution in [2.45, 2.75) is 6.04 Å². The SMILES string of the molecule is Nc1cccc2oc(NC3COc4ccccc43)nc12. The number of ether oxygens (including phenoxy) is 1. The van der Waals surface area contributed by atoms with Crippen LogP contribution in [-0.4, -0.2) is 11.6 Å². The molecule has 4 rings (SSSR count). The number of nitrogen functional groups attached to an aromatic ring is 1. The molecule has 1 aliphatic rings. The van der Waals surface area contributed by atoms with Crippen LogP contribution in [0.5, 0.6) is 5.75 Å².